The summed E-state index contributed by atoms with van der Waals surface area (Å²) in [6.45, 7) is 3.38. The Morgan fingerprint density at radius 3 is 2.60 bits per heavy atom. The molecule has 1 amide bonds. The van der Waals surface area contributed by atoms with E-state index in [2.05, 4.69) is 5.32 Å². The van der Waals surface area contributed by atoms with Crippen molar-refractivity contribution >= 4 is 5.91 Å². The van der Waals surface area contributed by atoms with Crippen LogP contribution >= 0.6 is 0 Å². The zero-order valence-corrected chi connectivity index (χ0v) is 8.85. The Hall–Kier alpha value is -0.610. The summed E-state index contributed by atoms with van der Waals surface area (Å²) in [6, 6.07) is 0. The van der Waals surface area contributed by atoms with Crippen molar-refractivity contribution < 1.29 is 9.90 Å². The number of fused-ring (bicyclic) bond motifs is 2. The van der Waals surface area contributed by atoms with E-state index in [1.807, 2.05) is 4.90 Å². The van der Waals surface area contributed by atoms with Crippen LogP contribution in [-0.2, 0) is 4.79 Å². The lowest BCUT2D eigenvalue weighted by Gasteiger charge is -2.51. The van der Waals surface area contributed by atoms with Gasteiger partial charge in [-0.05, 0) is 19.4 Å². The maximum atomic E-state index is 12.1. The average Bonchev–Trinajstić information content (AvgIpc) is 2.81. The second kappa shape index (κ2) is 3.46. The van der Waals surface area contributed by atoms with Crippen molar-refractivity contribution in [2.75, 3.05) is 26.2 Å². The molecule has 1 aliphatic carbocycles. The minimum Gasteiger partial charge on any atom is -0.392 e. The summed E-state index contributed by atoms with van der Waals surface area (Å²) in [5.74, 6) is 1.23. The number of piperidine rings is 2. The van der Waals surface area contributed by atoms with Gasteiger partial charge in [0.05, 0.1) is 12.0 Å². The van der Waals surface area contributed by atoms with Crippen molar-refractivity contribution in [3.63, 3.8) is 0 Å². The van der Waals surface area contributed by atoms with E-state index in [0.29, 0.717) is 17.7 Å². The monoisotopic (exact) mass is 210 g/mol. The first-order chi connectivity index (χ1) is 7.25. The summed E-state index contributed by atoms with van der Waals surface area (Å²) in [6.07, 6.45) is 1.97. The van der Waals surface area contributed by atoms with E-state index in [-0.39, 0.29) is 12.0 Å². The molecule has 4 atom stereocenters. The summed E-state index contributed by atoms with van der Waals surface area (Å²) < 4.78 is 0. The molecule has 1 unspecified atom stereocenters. The molecule has 0 radical (unpaired) electrons. The first-order valence-corrected chi connectivity index (χ1v) is 5.93. The Kier molecular flexibility index (Phi) is 2.21. The lowest BCUT2D eigenvalue weighted by Crippen LogP contribution is -2.60. The van der Waals surface area contributed by atoms with E-state index < -0.39 is 0 Å². The molecule has 15 heavy (non-hydrogen) atoms. The highest BCUT2D eigenvalue weighted by molar-refractivity contribution is 5.79. The Labute approximate surface area is 89.6 Å². The Balaban J connectivity index is 1.61. The lowest BCUT2D eigenvalue weighted by atomic mass is 9.68. The van der Waals surface area contributed by atoms with Gasteiger partial charge in [-0.1, -0.05) is 0 Å². The molecule has 0 aromatic heterocycles. The number of nitrogens with one attached hydrogen (secondary N) is 1. The molecule has 4 fully saturated rings. The zero-order valence-electron chi connectivity index (χ0n) is 8.85. The minimum atomic E-state index is -0.129. The topological polar surface area (TPSA) is 52.6 Å². The van der Waals surface area contributed by atoms with Gasteiger partial charge in [0.2, 0.25) is 5.91 Å². The molecule has 0 aromatic rings. The highest BCUT2D eigenvalue weighted by atomic mass is 16.3. The molecule has 4 aliphatic rings. The number of nitrogens with zero attached hydrogens (tertiary/aromatic N) is 1. The quantitative estimate of drug-likeness (QED) is 0.610. The van der Waals surface area contributed by atoms with Crippen LogP contribution in [0, 0.1) is 17.8 Å². The van der Waals surface area contributed by atoms with Gasteiger partial charge in [0.25, 0.3) is 0 Å². The largest absolute Gasteiger partial charge is 0.392 e. The molecule has 3 heterocycles. The van der Waals surface area contributed by atoms with E-state index in [4.69, 9.17) is 0 Å². The molecule has 3 aliphatic heterocycles. The molecule has 2 bridgehead atoms. The van der Waals surface area contributed by atoms with Crippen LogP contribution in [0.1, 0.15) is 12.8 Å². The standard InChI is InChI=1S/C11H18N2O2/c14-10-8-3-9(10)6-13(5-8)11(15)7-1-2-12-4-7/h7-10,12,14H,1-6H2/t7-,8-,9+,10?/m1/s1. The van der Waals surface area contributed by atoms with Crippen LogP contribution in [0.3, 0.4) is 0 Å². The van der Waals surface area contributed by atoms with E-state index >= 15 is 0 Å². The van der Waals surface area contributed by atoms with Crippen molar-refractivity contribution in [1.82, 2.24) is 10.2 Å². The van der Waals surface area contributed by atoms with Crippen molar-refractivity contribution in [3.05, 3.63) is 0 Å². The van der Waals surface area contributed by atoms with Crippen LogP contribution in [0.4, 0.5) is 0 Å². The molecular weight excluding hydrogens is 192 g/mol. The van der Waals surface area contributed by atoms with E-state index in [1.165, 1.54) is 0 Å². The Morgan fingerprint density at radius 2 is 2.07 bits per heavy atom. The number of rotatable bonds is 1. The van der Waals surface area contributed by atoms with Crippen LogP contribution in [0.15, 0.2) is 0 Å². The van der Waals surface area contributed by atoms with Crippen LogP contribution < -0.4 is 5.32 Å². The number of hydrogen-bond donors (Lipinski definition) is 2. The van der Waals surface area contributed by atoms with Crippen LogP contribution in [-0.4, -0.2) is 48.2 Å². The molecule has 2 N–H and O–H groups in total. The van der Waals surface area contributed by atoms with Gasteiger partial charge in [-0.3, -0.25) is 4.79 Å². The maximum Gasteiger partial charge on any atom is 0.227 e. The normalized spacial score (nSPS) is 43.9. The first kappa shape index (κ1) is 9.60. The fourth-order valence-electron chi connectivity index (χ4n) is 3.17. The molecule has 0 aromatic carbocycles. The van der Waals surface area contributed by atoms with Crippen molar-refractivity contribution in [2.24, 2.45) is 17.8 Å². The molecule has 1 saturated carbocycles. The molecule has 3 saturated heterocycles. The molecule has 0 spiro atoms. The molecule has 4 rings (SSSR count). The highest BCUT2D eigenvalue weighted by Gasteiger charge is 2.47. The predicted octanol–water partition coefficient (Wildman–Crippen LogP) is -0.565. The fraction of sp³-hybridized carbons (Fsp3) is 0.909. The van der Waals surface area contributed by atoms with Crippen molar-refractivity contribution in [3.8, 4) is 0 Å². The second-order valence-corrected chi connectivity index (χ2v) is 5.18. The minimum absolute atomic E-state index is 0.129. The summed E-state index contributed by atoms with van der Waals surface area (Å²) in [5, 5.41) is 12.9. The Morgan fingerprint density at radius 1 is 1.33 bits per heavy atom. The third kappa shape index (κ3) is 1.47. The third-order valence-electron chi connectivity index (χ3n) is 4.20. The molecule has 84 valence electrons. The summed E-state index contributed by atoms with van der Waals surface area (Å²) in [5.41, 5.74) is 0. The summed E-state index contributed by atoms with van der Waals surface area (Å²) >= 11 is 0. The number of carbonyl (C=O) groups is 1. The maximum absolute atomic E-state index is 12.1. The predicted molar refractivity (Wildman–Crippen MR) is 55.2 cm³/mol. The van der Waals surface area contributed by atoms with Gasteiger partial charge in [0, 0.05) is 31.5 Å². The van der Waals surface area contributed by atoms with Gasteiger partial charge in [-0.25, -0.2) is 0 Å². The van der Waals surface area contributed by atoms with Gasteiger partial charge in [0.15, 0.2) is 0 Å². The molecule has 4 heteroatoms. The summed E-state index contributed by atoms with van der Waals surface area (Å²) in [7, 11) is 0. The fourth-order valence-corrected chi connectivity index (χ4v) is 3.17. The van der Waals surface area contributed by atoms with Crippen molar-refractivity contribution in [2.45, 2.75) is 18.9 Å². The third-order valence-corrected chi connectivity index (χ3v) is 4.20. The van der Waals surface area contributed by atoms with E-state index in [0.717, 1.165) is 39.0 Å². The zero-order chi connectivity index (χ0) is 10.4. The first-order valence-electron chi connectivity index (χ1n) is 5.93. The second-order valence-electron chi connectivity index (χ2n) is 5.18. The van der Waals surface area contributed by atoms with Gasteiger partial charge in [-0.2, -0.15) is 0 Å². The number of aliphatic hydroxyl groups is 1. The Bertz CT molecular complexity index is 264. The van der Waals surface area contributed by atoms with Gasteiger partial charge < -0.3 is 15.3 Å². The van der Waals surface area contributed by atoms with Gasteiger partial charge in [-0.15, -0.1) is 0 Å². The summed E-state index contributed by atoms with van der Waals surface area (Å²) in [4.78, 5) is 14.1. The number of hydrogen-bond acceptors (Lipinski definition) is 3. The number of carbonyl (C=O) groups excluding carboxylic acids is 1. The van der Waals surface area contributed by atoms with Crippen LogP contribution in [0.2, 0.25) is 0 Å². The van der Waals surface area contributed by atoms with Crippen LogP contribution in [0.25, 0.3) is 0 Å². The van der Waals surface area contributed by atoms with E-state index in [9.17, 15) is 9.90 Å². The van der Waals surface area contributed by atoms with Crippen molar-refractivity contribution in [1.29, 1.82) is 0 Å². The van der Waals surface area contributed by atoms with Gasteiger partial charge >= 0.3 is 0 Å². The highest BCUT2D eigenvalue weighted by Crippen LogP contribution is 2.40. The van der Waals surface area contributed by atoms with E-state index in [1.54, 1.807) is 0 Å². The number of amides is 1. The van der Waals surface area contributed by atoms with Crippen LogP contribution in [0.5, 0.6) is 0 Å². The smallest absolute Gasteiger partial charge is 0.227 e. The SMILES string of the molecule is O=C([C@@H]1CCNC1)N1C[C@H]2C[C@@H](C1)C2O. The van der Waals surface area contributed by atoms with Gasteiger partial charge in [0.1, 0.15) is 0 Å². The molecule has 4 nitrogen and oxygen atoms in total. The lowest BCUT2D eigenvalue weighted by molar-refractivity contribution is -0.153. The molecular formula is C11H18N2O2. The number of aliphatic hydroxyl groups excluding tert-OH is 1. The average molecular weight is 210 g/mol.